The van der Waals surface area contributed by atoms with Crippen molar-refractivity contribution in [2.75, 3.05) is 33.7 Å². The third-order valence-electron chi connectivity index (χ3n) is 2.73. The molecule has 0 saturated carbocycles. The minimum atomic E-state index is 0.0974. The molecule has 5 heteroatoms. The molecule has 0 spiro atoms. The average Bonchev–Trinajstić information content (AvgIpc) is 2.26. The van der Waals surface area contributed by atoms with E-state index in [9.17, 15) is 4.79 Å². The fourth-order valence-electron chi connectivity index (χ4n) is 1.81. The third-order valence-corrected chi connectivity index (χ3v) is 2.86. The number of nitrogens with zero attached hydrogens (tertiary/aromatic N) is 2. The van der Waals surface area contributed by atoms with Crippen LogP contribution in [0.3, 0.4) is 0 Å². The molecule has 0 aliphatic carbocycles. The van der Waals surface area contributed by atoms with Crippen molar-refractivity contribution >= 4 is 17.6 Å². The average molecular weight is 246 g/mol. The minimum Gasteiger partial charge on any atom is -0.331 e. The molecule has 0 bridgehead atoms. The van der Waals surface area contributed by atoms with Gasteiger partial charge in [-0.25, -0.2) is 4.79 Å². The van der Waals surface area contributed by atoms with Crippen molar-refractivity contribution in [2.45, 2.75) is 18.9 Å². The van der Waals surface area contributed by atoms with Gasteiger partial charge in [-0.3, -0.25) is 0 Å². The largest absolute Gasteiger partial charge is 0.331 e. The molecule has 1 heterocycles. The van der Waals surface area contributed by atoms with Crippen molar-refractivity contribution in [3.63, 3.8) is 0 Å². The fourth-order valence-corrected chi connectivity index (χ4v) is 1.89. The van der Waals surface area contributed by atoms with E-state index in [-0.39, 0.29) is 6.03 Å². The molecule has 0 radical (unpaired) electrons. The van der Waals surface area contributed by atoms with Gasteiger partial charge in [0.2, 0.25) is 0 Å². The Hall–Kier alpha value is -0.740. The summed E-state index contributed by atoms with van der Waals surface area (Å²) in [6.07, 6.45) is 1.95. The van der Waals surface area contributed by atoms with E-state index >= 15 is 0 Å². The van der Waals surface area contributed by atoms with Gasteiger partial charge in [0.15, 0.2) is 0 Å². The van der Waals surface area contributed by atoms with Gasteiger partial charge in [-0.2, -0.15) is 0 Å². The van der Waals surface area contributed by atoms with Crippen LogP contribution in [0.15, 0.2) is 11.6 Å². The lowest BCUT2D eigenvalue weighted by atomic mass is 10.1. The molecule has 0 unspecified atom stereocenters. The number of carbonyl (C=O) groups excluding carboxylic acids is 1. The van der Waals surface area contributed by atoms with Crippen LogP contribution in [0, 0.1) is 0 Å². The first-order valence-corrected chi connectivity index (χ1v) is 5.91. The van der Waals surface area contributed by atoms with E-state index in [0.29, 0.717) is 17.6 Å². The van der Waals surface area contributed by atoms with Gasteiger partial charge in [-0.1, -0.05) is 18.2 Å². The maximum atomic E-state index is 11.7. The third kappa shape index (κ3) is 4.02. The standard InChI is InChI=1S/C11H20ClN3O/c1-9(12)8-13-10-4-6-15(7-5-10)11(16)14(2)3/h10,13H,1,4-8H2,2-3H3. The Morgan fingerprint density at radius 2 is 2.06 bits per heavy atom. The Labute approximate surface area is 102 Å². The predicted octanol–water partition coefficient (Wildman–Crippen LogP) is 1.47. The Morgan fingerprint density at radius 1 is 1.50 bits per heavy atom. The van der Waals surface area contributed by atoms with Crippen LogP contribution in [0.25, 0.3) is 0 Å². The molecule has 0 aromatic heterocycles. The molecule has 92 valence electrons. The molecule has 1 saturated heterocycles. The number of hydrogen-bond acceptors (Lipinski definition) is 2. The minimum absolute atomic E-state index is 0.0974. The number of rotatable bonds is 3. The Bertz CT molecular complexity index is 260. The van der Waals surface area contributed by atoms with Gasteiger partial charge in [-0.15, -0.1) is 0 Å². The van der Waals surface area contributed by atoms with Crippen molar-refractivity contribution in [2.24, 2.45) is 0 Å². The monoisotopic (exact) mass is 245 g/mol. The maximum absolute atomic E-state index is 11.7. The highest BCUT2D eigenvalue weighted by atomic mass is 35.5. The van der Waals surface area contributed by atoms with Gasteiger partial charge in [0.05, 0.1) is 0 Å². The van der Waals surface area contributed by atoms with Crippen LogP contribution in [0.2, 0.25) is 0 Å². The number of urea groups is 1. The highest BCUT2D eigenvalue weighted by Gasteiger charge is 2.23. The van der Waals surface area contributed by atoms with Crippen LogP contribution < -0.4 is 5.32 Å². The summed E-state index contributed by atoms with van der Waals surface area (Å²) < 4.78 is 0. The maximum Gasteiger partial charge on any atom is 0.319 e. The molecule has 1 aliphatic heterocycles. The summed E-state index contributed by atoms with van der Waals surface area (Å²) in [6, 6.07) is 0.543. The summed E-state index contributed by atoms with van der Waals surface area (Å²) in [4.78, 5) is 15.2. The van der Waals surface area contributed by atoms with Gasteiger partial charge in [0.25, 0.3) is 0 Å². The zero-order valence-corrected chi connectivity index (χ0v) is 10.8. The molecule has 2 amide bonds. The second-order valence-electron chi connectivity index (χ2n) is 4.34. The first-order valence-electron chi connectivity index (χ1n) is 5.53. The molecule has 1 fully saturated rings. The molecule has 16 heavy (non-hydrogen) atoms. The molecular weight excluding hydrogens is 226 g/mol. The van der Waals surface area contributed by atoms with E-state index < -0.39 is 0 Å². The van der Waals surface area contributed by atoms with Crippen molar-refractivity contribution in [1.29, 1.82) is 0 Å². The quantitative estimate of drug-likeness (QED) is 0.818. The number of hydrogen-bond donors (Lipinski definition) is 1. The summed E-state index contributed by atoms with van der Waals surface area (Å²) in [5.41, 5.74) is 0. The lowest BCUT2D eigenvalue weighted by Gasteiger charge is -2.34. The molecule has 1 N–H and O–H groups in total. The fraction of sp³-hybridized carbons (Fsp3) is 0.727. The van der Waals surface area contributed by atoms with Crippen LogP contribution in [0.4, 0.5) is 4.79 Å². The predicted molar refractivity (Wildman–Crippen MR) is 66.7 cm³/mol. The Morgan fingerprint density at radius 3 is 2.50 bits per heavy atom. The van der Waals surface area contributed by atoms with Crippen molar-refractivity contribution in [3.05, 3.63) is 11.6 Å². The number of carbonyl (C=O) groups is 1. The van der Waals surface area contributed by atoms with Gasteiger partial charge >= 0.3 is 6.03 Å². The van der Waals surface area contributed by atoms with Crippen molar-refractivity contribution in [1.82, 2.24) is 15.1 Å². The highest BCUT2D eigenvalue weighted by molar-refractivity contribution is 6.29. The van der Waals surface area contributed by atoms with Crippen molar-refractivity contribution < 1.29 is 4.79 Å². The zero-order valence-electron chi connectivity index (χ0n) is 10.0. The smallest absolute Gasteiger partial charge is 0.319 e. The van der Waals surface area contributed by atoms with E-state index in [1.807, 2.05) is 4.90 Å². The van der Waals surface area contributed by atoms with Gasteiger partial charge in [0.1, 0.15) is 0 Å². The number of nitrogens with one attached hydrogen (secondary N) is 1. The lowest BCUT2D eigenvalue weighted by molar-refractivity contribution is 0.153. The molecule has 1 aliphatic rings. The second-order valence-corrected chi connectivity index (χ2v) is 4.87. The van der Waals surface area contributed by atoms with Crippen LogP contribution in [0.1, 0.15) is 12.8 Å². The van der Waals surface area contributed by atoms with Crippen LogP contribution in [-0.4, -0.2) is 55.6 Å². The molecule has 4 nitrogen and oxygen atoms in total. The summed E-state index contributed by atoms with van der Waals surface area (Å²) in [6.45, 7) is 5.90. The normalized spacial score (nSPS) is 17.3. The Kier molecular flexibility index (Phi) is 5.09. The van der Waals surface area contributed by atoms with E-state index in [4.69, 9.17) is 11.6 Å². The molecule has 0 aromatic carbocycles. The van der Waals surface area contributed by atoms with Gasteiger partial charge in [0, 0.05) is 44.8 Å². The van der Waals surface area contributed by atoms with E-state index in [1.54, 1.807) is 19.0 Å². The topological polar surface area (TPSA) is 35.6 Å². The lowest BCUT2D eigenvalue weighted by Crippen LogP contribution is -2.48. The SMILES string of the molecule is C=C(Cl)CNC1CCN(C(=O)N(C)C)CC1. The summed E-state index contributed by atoms with van der Waals surface area (Å²) in [7, 11) is 3.56. The first kappa shape index (κ1) is 13.3. The second kappa shape index (κ2) is 6.11. The van der Waals surface area contributed by atoms with E-state index in [1.165, 1.54) is 0 Å². The molecule has 0 aromatic rings. The van der Waals surface area contributed by atoms with Gasteiger partial charge < -0.3 is 15.1 Å². The van der Waals surface area contributed by atoms with Crippen molar-refractivity contribution in [3.8, 4) is 0 Å². The summed E-state index contributed by atoms with van der Waals surface area (Å²) in [5, 5.41) is 3.96. The van der Waals surface area contributed by atoms with Crippen LogP contribution in [0.5, 0.6) is 0 Å². The number of likely N-dealkylation sites (tertiary alicyclic amines) is 1. The van der Waals surface area contributed by atoms with Gasteiger partial charge in [-0.05, 0) is 12.8 Å². The molecular formula is C11H20ClN3O. The first-order chi connectivity index (χ1) is 7.50. The summed E-state index contributed by atoms with van der Waals surface area (Å²) >= 11 is 5.69. The number of halogens is 1. The van der Waals surface area contributed by atoms with E-state index in [2.05, 4.69) is 11.9 Å². The van der Waals surface area contributed by atoms with Crippen LogP contribution in [-0.2, 0) is 0 Å². The highest BCUT2D eigenvalue weighted by Crippen LogP contribution is 2.12. The zero-order chi connectivity index (χ0) is 12.1. The van der Waals surface area contributed by atoms with E-state index in [0.717, 1.165) is 25.9 Å². The molecule has 0 atom stereocenters. The summed E-state index contributed by atoms with van der Waals surface area (Å²) in [5.74, 6) is 0. The number of amides is 2. The Balaban J connectivity index is 2.28. The number of piperidine rings is 1. The molecule has 1 rings (SSSR count). The van der Waals surface area contributed by atoms with Crippen LogP contribution >= 0.6 is 11.6 Å².